The molecule has 24 heavy (non-hydrogen) atoms. The molecular weight excluding hydrogens is 306 g/mol. The molecule has 0 aliphatic carbocycles. The van der Waals surface area contributed by atoms with E-state index in [1.165, 1.54) is 0 Å². The predicted octanol–water partition coefficient (Wildman–Crippen LogP) is 1.91. The highest BCUT2D eigenvalue weighted by Gasteiger charge is 2.32. The Hall–Kier alpha value is -1.43. The highest BCUT2D eigenvalue weighted by molar-refractivity contribution is 5.94. The molecule has 1 heterocycles. The molecule has 0 saturated carbocycles. The van der Waals surface area contributed by atoms with Crippen molar-refractivity contribution >= 4 is 5.91 Å². The van der Waals surface area contributed by atoms with Crippen molar-refractivity contribution in [3.05, 3.63) is 35.4 Å². The van der Waals surface area contributed by atoms with Crippen LogP contribution in [-0.4, -0.2) is 48.1 Å². The molecule has 1 aromatic carbocycles. The van der Waals surface area contributed by atoms with Crippen LogP contribution in [0, 0.1) is 5.41 Å². The molecule has 1 fully saturated rings. The maximum atomic E-state index is 12.4. The van der Waals surface area contributed by atoms with E-state index in [4.69, 9.17) is 4.74 Å². The summed E-state index contributed by atoms with van der Waals surface area (Å²) in [5, 5.41) is 22.5. The van der Waals surface area contributed by atoms with Crippen LogP contribution < -0.4 is 5.32 Å². The fraction of sp³-hybridized carbons (Fsp3) is 0.632. The van der Waals surface area contributed by atoms with Gasteiger partial charge in [-0.3, -0.25) is 4.79 Å². The number of amides is 1. The number of hydrogen-bond donors (Lipinski definition) is 3. The Balaban J connectivity index is 1.94. The third kappa shape index (κ3) is 5.58. The number of aryl methyl sites for hydroxylation is 1. The van der Waals surface area contributed by atoms with Gasteiger partial charge in [0.2, 0.25) is 0 Å². The summed E-state index contributed by atoms with van der Waals surface area (Å²) in [6, 6.07) is 7.50. The van der Waals surface area contributed by atoms with Crippen LogP contribution in [0.5, 0.6) is 0 Å². The van der Waals surface area contributed by atoms with E-state index in [-0.39, 0.29) is 17.9 Å². The molecule has 0 unspecified atom stereocenters. The first-order valence-corrected chi connectivity index (χ1v) is 8.62. The van der Waals surface area contributed by atoms with Crippen LogP contribution in [0.15, 0.2) is 24.3 Å². The SMILES string of the molecule is CC(C)(O)CCc1cccc(C(=O)NCC2(CO)CCOCC2)c1. The highest BCUT2D eigenvalue weighted by atomic mass is 16.5. The Morgan fingerprint density at radius 2 is 2.04 bits per heavy atom. The van der Waals surface area contributed by atoms with Crippen LogP contribution in [0.1, 0.15) is 49.0 Å². The quantitative estimate of drug-likeness (QED) is 0.711. The van der Waals surface area contributed by atoms with Gasteiger partial charge < -0.3 is 20.3 Å². The van der Waals surface area contributed by atoms with E-state index in [0.717, 1.165) is 24.8 Å². The summed E-state index contributed by atoms with van der Waals surface area (Å²) in [6.07, 6.45) is 2.89. The Labute approximate surface area is 144 Å². The van der Waals surface area contributed by atoms with Crippen molar-refractivity contribution in [2.75, 3.05) is 26.4 Å². The molecule has 0 aromatic heterocycles. The first-order chi connectivity index (χ1) is 11.3. The predicted molar refractivity (Wildman–Crippen MR) is 93.0 cm³/mol. The minimum Gasteiger partial charge on any atom is -0.396 e. The molecule has 5 nitrogen and oxygen atoms in total. The maximum absolute atomic E-state index is 12.4. The lowest BCUT2D eigenvalue weighted by Crippen LogP contribution is -2.43. The first-order valence-electron chi connectivity index (χ1n) is 8.62. The summed E-state index contributed by atoms with van der Waals surface area (Å²) in [4.78, 5) is 12.4. The topological polar surface area (TPSA) is 78.8 Å². The van der Waals surface area contributed by atoms with Gasteiger partial charge in [0, 0.05) is 30.7 Å². The first kappa shape index (κ1) is 18.9. The lowest BCUT2D eigenvalue weighted by Gasteiger charge is -2.35. The molecule has 0 spiro atoms. The molecule has 1 saturated heterocycles. The minimum absolute atomic E-state index is 0.0578. The molecule has 2 rings (SSSR count). The lowest BCUT2D eigenvalue weighted by molar-refractivity contribution is -0.0146. The maximum Gasteiger partial charge on any atom is 0.251 e. The smallest absolute Gasteiger partial charge is 0.251 e. The number of aliphatic hydroxyl groups is 2. The third-order valence-electron chi connectivity index (χ3n) is 4.73. The standard InChI is InChI=1S/C19H29NO4/c1-18(2,23)7-6-15-4-3-5-16(12-15)17(22)20-13-19(14-21)8-10-24-11-9-19/h3-5,12,21,23H,6-11,13-14H2,1-2H3,(H,20,22). The molecule has 1 aliphatic rings. The summed E-state index contributed by atoms with van der Waals surface area (Å²) in [5.74, 6) is -0.126. The average Bonchev–Trinajstić information content (AvgIpc) is 2.58. The number of aliphatic hydroxyl groups excluding tert-OH is 1. The van der Waals surface area contributed by atoms with Crippen molar-refractivity contribution in [3.8, 4) is 0 Å². The van der Waals surface area contributed by atoms with Crippen LogP contribution in [0.25, 0.3) is 0 Å². The fourth-order valence-corrected chi connectivity index (χ4v) is 2.88. The van der Waals surface area contributed by atoms with E-state index < -0.39 is 5.60 Å². The number of nitrogens with one attached hydrogen (secondary N) is 1. The zero-order valence-corrected chi connectivity index (χ0v) is 14.7. The monoisotopic (exact) mass is 335 g/mol. The van der Waals surface area contributed by atoms with E-state index in [1.807, 2.05) is 18.2 Å². The van der Waals surface area contributed by atoms with Gasteiger partial charge in [0.15, 0.2) is 0 Å². The number of carbonyl (C=O) groups excluding carboxylic acids is 1. The van der Waals surface area contributed by atoms with Crippen molar-refractivity contribution < 1.29 is 19.7 Å². The Morgan fingerprint density at radius 3 is 2.67 bits per heavy atom. The van der Waals surface area contributed by atoms with Crippen molar-refractivity contribution in [3.63, 3.8) is 0 Å². The van der Waals surface area contributed by atoms with Crippen molar-refractivity contribution in [2.24, 2.45) is 5.41 Å². The summed E-state index contributed by atoms with van der Waals surface area (Å²) in [7, 11) is 0. The number of hydrogen-bond acceptors (Lipinski definition) is 4. The number of benzene rings is 1. The van der Waals surface area contributed by atoms with Gasteiger partial charge in [-0.2, -0.15) is 0 Å². The van der Waals surface area contributed by atoms with Gasteiger partial charge in [-0.25, -0.2) is 0 Å². The van der Waals surface area contributed by atoms with Crippen molar-refractivity contribution in [2.45, 2.75) is 45.1 Å². The summed E-state index contributed by atoms with van der Waals surface area (Å²) in [5.41, 5.74) is 0.664. The Bertz CT molecular complexity index is 545. The van der Waals surface area contributed by atoms with Gasteiger partial charge in [0.1, 0.15) is 0 Å². The highest BCUT2D eigenvalue weighted by Crippen LogP contribution is 2.29. The molecule has 0 atom stereocenters. The molecule has 1 amide bonds. The second-order valence-electron chi connectivity index (χ2n) is 7.47. The zero-order valence-electron chi connectivity index (χ0n) is 14.7. The van der Waals surface area contributed by atoms with Gasteiger partial charge in [-0.05, 0) is 57.2 Å². The molecular formula is C19H29NO4. The zero-order chi connectivity index (χ0) is 17.6. The molecule has 5 heteroatoms. The molecule has 0 bridgehead atoms. The van der Waals surface area contributed by atoms with E-state index in [9.17, 15) is 15.0 Å². The Kier molecular flexibility index (Phi) is 6.38. The van der Waals surface area contributed by atoms with Crippen LogP contribution in [0.2, 0.25) is 0 Å². The summed E-state index contributed by atoms with van der Waals surface area (Å²) < 4.78 is 5.34. The average molecular weight is 335 g/mol. The normalized spacial score (nSPS) is 17.5. The molecule has 3 N–H and O–H groups in total. The number of carbonyl (C=O) groups is 1. The van der Waals surface area contributed by atoms with Crippen LogP contribution in [-0.2, 0) is 11.2 Å². The van der Waals surface area contributed by atoms with Gasteiger partial charge in [0.25, 0.3) is 5.91 Å². The minimum atomic E-state index is -0.713. The van der Waals surface area contributed by atoms with Gasteiger partial charge in [-0.1, -0.05) is 12.1 Å². The second-order valence-corrected chi connectivity index (χ2v) is 7.47. The van der Waals surface area contributed by atoms with Gasteiger partial charge in [-0.15, -0.1) is 0 Å². The summed E-state index contributed by atoms with van der Waals surface area (Å²) >= 11 is 0. The molecule has 1 aliphatic heterocycles. The van der Waals surface area contributed by atoms with Crippen LogP contribution >= 0.6 is 0 Å². The van der Waals surface area contributed by atoms with Crippen molar-refractivity contribution in [1.29, 1.82) is 0 Å². The molecule has 134 valence electrons. The summed E-state index contributed by atoms with van der Waals surface area (Å²) in [6.45, 7) is 5.34. The Morgan fingerprint density at radius 1 is 1.33 bits per heavy atom. The van der Waals surface area contributed by atoms with Gasteiger partial charge in [0.05, 0.1) is 12.2 Å². The largest absolute Gasteiger partial charge is 0.396 e. The van der Waals surface area contributed by atoms with Crippen LogP contribution in [0.4, 0.5) is 0 Å². The van der Waals surface area contributed by atoms with E-state index in [1.54, 1.807) is 19.9 Å². The third-order valence-corrected chi connectivity index (χ3v) is 4.73. The van der Waals surface area contributed by atoms with Crippen molar-refractivity contribution in [1.82, 2.24) is 5.32 Å². The lowest BCUT2D eigenvalue weighted by atomic mass is 9.81. The molecule has 0 radical (unpaired) electrons. The number of ether oxygens (including phenoxy) is 1. The van der Waals surface area contributed by atoms with Crippen LogP contribution in [0.3, 0.4) is 0 Å². The number of rotatable bonds is 7. The second kappa shape index (κ2) is 8.10. The van der Waals surface area contributed by atoms with E-state index in [0.29, 0.717) is 31.7 Å². The fourth-order valence-electron chi connectivity index (χ4n) is 2.88. The van der Waals surface area contributed by atoms with E-state index >= 15 is 0 Å². The van der Waals surface area contributed by atoms with Gasteiger partial charge >= 0.3 is 0 Å². The van der Waals surface area contributed by atoms with E-state index in [2.05, 4.69) is 5.32 Å². The molecule has 1 aromatic rings.